The largest absolute Gasteiger partial charge is 0.371 e. The number of carbonyl (C=O) groups is 1. The summed E-state index contributed by atoms with van der Waals surface area (Å²) in [5.41, 5.74) is 1.14. The number of likely N-dealkylation sites (tertiary alicyclic amines) is 2. The molecule has 0 N–H and O–H groups in total. The first-order chi connectivity index (χ1) is 12.1. The highest BCUT2D eigenvalue weighted by Crippen LogP contribution is 2.36. The van der Waals surface area contributed by atoms with Gasteiger partial charge in [-0.15, -0.1) is 0 Å². The third-order valence-electron chi connectivity index (χ3n) is 5.64. The minimum absolute atomic E-state index is 0.0462. The second kappa shape index (κ2) is 7.05. The molecule has 1 amide bonds. The number of ether oxygens (including phenoxy) is 2. The Morgan fingerprint density at radius 2 is 2.24 bits per heavy atom. The molecule has 4 rings (SSSR count). The quantitative estimate of drug-likeness (QED) is 0.787. The smallest absolute Gasteiger partial charge is 0.248 e. The molecule has 138 valence electrons. The standard InChI is InChI=1S/C18H28N4O3/c1-20-10-15(9-19-20)11-21-7-4-18(14-21)8-16(12-25-18)24-13-17(23)22-5-2-3-6-22/h9-10,16H,2-8,11-14H2,1H3/t16-,18+/m1/s1. The van der Waals surface area contributed by atoms with Gasteiger partial charge in [0.1, 0.15) is 6.61 Å². The zero-order valence-corrected chi connectivity index (χ0v) is 15.0. The molecule has 7 heteroatoms. The molecular formula is C18H28N4O3. The Bertz CT molecular complexity index is 613. The summed E-state index contributed by atoms with van der Waals surface area (Å²) < 4.78 is 13.8. The van der Waals surface area contributed by atoms with Gasteiger partial charge in [-0.1, -0.05) is 0 Å². The second-order valence-electron chi connectivity index (χ2n) is 7.70. The topological polar surface area (TPSA) is 59.8 Å². The first-order valence-electron chi connectivity index (χ1n) is 9.35. The van der Waals surface area contributed by atoms with Crippen LogP contribution >= 0.6 is 0 Å². The van der Waals surface area contributed by atoms with E-state index in [4.69, 9.17) is 9.47 Å². The van der Waals surface area contributed by atoms with Crippen LogP contribution in [0, 0.1) is 0 Å². The molecule has 3 aliphatic heterocycles. The molecule has 2 atom stereocenters. The van der Waals surface area contributed by atoms with Crippen LogP contribution in [0.4, 0.5) is 0 Å². The van der Waals surface area contributed by atoms with Gasteiger partial charge in [-0.25, -0.2) is 0 Å². The van der Waals surface area contributed by atoms with E-state index in [-0.39, 0.29) is 24.2 Å². The Balaban J connectivity index is 1.23. The summed E-state index contributed by atoms with van der Waals surface area (Å²) in [6.45, 7) is 5.46. The zero-order valence-electron chi connectivity index (χ0n) is 15.0. The van der Waals surface area contributed by atoms with E-state index in [1.54, 1.807) is 0 Å². The fourth-order valence-corrected chi connectivity index (χ4v) is 4.32. The lowest BCUT2D eigenvalue weighted by Crippen LogP contribution is -2.34. The van der Waals surface area contributed by atoms with Crippen LogP contribution in [-0.4, -0.2) is 76.6 Å². The van der Waals surface area contributed by atoms with Gasteiger partial charge in [-0.05, 0) is 19.3 Å². The summed E-state index contributed by atoms with van der Waals surface area (Å²) in [6, 6.07) is 0. The molecule has 3 aliphatic rings. The Hall–Kier alpha value is -1.44. The lowest BCUT2D eigenvalue weighted by atomic mass is 9.98. The number of hydrogen-bond donors (Lipinski definition) is 0. The maximum absolute atomic E-state index is 12.1. The van der Waals surface area contributed by atoms with Crippen molar-refractivity contribution in [2.24, 2.45) is 7.05 Å². The van der Waals surface area contributed by atoms with Crippen molar-refractivity contribution >= 4 is 5.91 Å². The highest BCUT2D eigenvalue weighted by molar-refractivity contribution is 5.77. The van der Waals surface area contributed by atoms with Crippen LogP contribution < -0.4 is 0 Å². The Kier molecular flexibility index (Phi) is 4.80. The van der Waals surface area contributed by atoms with E-state index < -0.39 is 0 Å². The van der Waals surface area contributed by atoms with Crippen LogP contribution in [0.1, 0.15) is 31.2 Å². The number of aryl methyl sites for hydroxylation is 1. The molecule has 0 radical (unpaired) electrons. The molecule has 0 aliphatic carbocycles. The summed E-state index contributed by atoms with van der Waals surface area (Å²) in [4.78, 5) is 16.5. The number of amides is 1. The van der Waals surface area contributed by atoms with Crippen LogP contribution in [-0.2, 0) is 27.9 Å². The molecule has 1 spiro atoms. The van der Waals surface area contributed by atoms with Crippen molar-refractivity contribution in [3.05, 3.63) is 18.0 Å². The van der Waals surface area contributed by atoms with Gasteiger partial charge >= 0.3 is 0 Å². The van der Waals surface area contributed by atoms with E-state index in [1.165, 1.54) is 5.56 Å². The normalized spacial score (nSPS) is 30.0. The van der Waals surface area contributed by atoms with Crippen molar-refractivity contribution in [2.75, 3.05) is 39.4 Å². The molecule has 25 heavy (non-hydrogen) atoms. The SMILES string of the molecule is Cn1cc(CN2CC[C@]3(C[C@@H](OCC(=O)N4CCCC4)CO3)C2)cn1. The first kappa shape index (κ1) is 17.0. The monoisotopic (exact) mass is 348 g/mol. The van der Waals surface area contributed by atoms with Gasteiger partial charge in [0.05, 0.1) is 24.5 Å². The zero-order chi connectivity index (χ0) is 17.3. The molecule has 0 saturated carbocycles. The van der Waals surface area contributed by atoms with E-state index in [0.717, 1.165) is 58.4 Å². The van der Waals surface area contributed by atoms with Crippen LogP contribution in [0.2, 0.25) is 0 Å². The molecular weight excluding hydrogens is 320 g/mol. The molecule has 0 aromatic carbocycles. The van der Waals surface area contributed by atoms with Crippen LogP contribution in [0.5, 0.6) is 0 Å². The van der Waals surface area contributed by atoms with Gasteiger partial charge in [-0.3, -0.25) is 14.4 Å². The van der Waals surface area contributed by atoms with Crippen molar-refractivity contribution in [1.82, 2.24) is 19.6 Å². The van der Waals surface area contributed by atoms with E-state index >= 15 is 0 Å². The molecule has 3 fully saturated rings. The number of nitrogens with zero attached hydrogens (tertiary/aromatic N) is 4. The van der Waals surface area contributed by atoms with Gasteiger partial charge in [0.25, 0.3) is 0 Å². The van der Waals surface area contributed by atoms with Crippen LogP contribution in [0.15, 0.2) is 12.4 Å². The first-order valence-corrected chi connectivity index (χ1v) is 9.35. The highest BCUT2D eigenvalue weighted by atomic mass is 16.6. The minimum atomic E-state index is -0.0937. The number of aromatic nitrogens is 2. The average Bonchev–Trinajstić information content (AvgIpc) is 3.37. The fraction of sp³-hybridized carbons (Fsp3) is 0.778. The molecule has 4 heterocycles. The summed E-state index contributed by atoms with van der Waals surface area (Å²) in [7, 11) is 1.94. The summed E-state index contributed by atoms with van der Waals surface area (Å²) in [6.07, 6.45) is 8.21. The lowest BCUT2D eigenvalue weighted by molar-refractivity contribution is -0.137. The fourth-order valence-electron chi connectivity index (χ4n) is 4.32. The minimum Gasteiger partial charge on any atom is -0.371 e. The summed E-state index contributed by atoms with van der Waals surface area (Å²) in [5, 5.41) is 4.24. The summed E-state index contributed by atoms with van der Waals surface area (Å²) in [5.74, 6) is 0.128. The van der Waals surface area contributed by atoms with E-state index in [9.17, 15) is 4.79 Å². The van der Waals surface area contributed by atoms with E-state index in [1.807, 2.05) is 22.8 Å². The molecule has 1 aromatic rings. The predicted octanol–water partition coefficient (Wildman–Crippen LogP) is 0.793. The van der Waals surface area contributed by atoms with Gasteiger partial charge < -0.3 is 14.4 Å². The van der Waals surface area contributed by atoms with E-state index in [2.05, 4.69) is 16.2 Å². The lowest BCUT2D eigenvalue weighted by Gasteiger charge is -2.23. The van der Waals surface area contributed by atoms with E-state index in [0.29, 0.717) is 6.61 Å². The Labute approximate surface area is 148 Å². The number of carbonyl (C=O) groups excluding carboxylic acids is 1. The summed E-state index contributed by atoms with van der Waals surface area (Å²) >= 11 is 0. The predicted molar refractivity (Wildman–Crippen MR) is 92.0 cm³/mol. The second-order valence-corrected chi connectivity index (χ2v) is 7.70. The van der Waals surface area contributed by atoms with Crippen LogP contribution in [0.25, 0.3) is 0 Å². The van der Waals surface area contributed by atoms with Gasteiger partial charge in [0.2, 0.25) is 5.91 Å². The van der Waals surface area contributed by atoms with Crippen molar-refractivity contribution in [2.45, 2.75) is 43.9 Å². The van der Waals surface area contributed by atoms with Crippen molar-refractivity contribution in [3.63, 3.8) is 0 Å². The molecule has 3 saturated heterocycles. The molecule has 0 unspecified atom stereocenters. The van der Waals surface area contributed by atoms with Crippen molar-refractivity contribution < 1.29 is 14.3 Å². The van der Waals surface area contributed by atoms with Crippen molar-refractivity contribution in [3.8, 4) is 0 Å². The molecule has 1 aromatic heterocycles. The number of rotatable bonds is 5. The number of hydrogen-bond acceptors (Lipinski definition) is 5. The Morgan fingerprint density at radius 3 is 3.00 bits per heavy atom. The van der Waals surface area contributed by atoms with Gasteiger partial charge in [0, 0.05) is 58.0 Å². The van der Waals surface area contributed by atoms with Gasteiger partial charge in [-0.2, -0.15) is 5.10 Å². The van der Waals surface area contributed by atoms with Crippen LogP contribution in [0.3, 0.4) is 0 Å². The maximum Gasteiger partial charge on any atom is 0.248 e. The molecule has 0 bridgehead atoms. The molecule has 7 nitrogen and oxygen atoms in total. The maximum atomic E-state index is 12.1. The average molecular weight is 348 g/mol. The highest BCUT2D eigenvalue weighted by Gasteiger charge is 2.46. The van der Waals surface area contributed by atoms with Crippen molar-refractivity contribution in [1.29, 1.82) is 0 Å². The third-order valence-corrected chi connectivity index (χ3v) is 5.64. The Morgan fingerprint density at radius 1 is 1.40 bits per heavy atom. The van der Waals surface area contributed by atoms with Gasteiger partial charge in [0.15, 0.2) is 0 Å². The third kappa shape index (κ3) is 3.88.